The summed E-state index contributed by atoms with van der Waals surface area (Å²) < 4.78 is 25.5. The standard InChI is InChI=1S/C25H23ClN2O3S/c1-25(2,29)24-16-23(28(27-24)22-10-5-4-9-21(22)26)18-13-11-17(12-14-18)19-7-6-8-20(15-19)32(3,30)31/h4-16,29H,1-3H3. The van der Waals surface area contributed by atoms with Crippen LogP contribution >= 0.6 is 11.6 Å². The van der Waals surface area contributed by atoms with Crippen LogP contribution < -0.4 is 0 Å². The zero-order valence-corrected chi connectivity index (χ0v) is 19.5. The molecule has 0 bridgehead atoms. The minimum atomic E-state index is -3.28. The van der Waals surface area contributed by atoms with Gasteiger partial charge < -0.3 is 5.11 Å². The van der Waals surface area contributed by atoms with Crippen LogP contribution in [0.4, 0.5) is 0 Å². The van der Waals surface area contributed by atoms with Gasteiger partial charge in [-0.1, -0.05) is 60.1 Å². The summed E-state index contributed by atoms with van der Waals surface area (Å²) in [4.78, 5) is 0.283. The predicted molar refractivity (Wildman–Crippen MR) is 128 cm³/mol. The fourth-order valence-corrected chi connectivity index (χ4v) is 4.32. The van der Waals surface area contributed by atoms with Gasteiger partial charge in [0.25, 0.3) is 0 Å². The van der Waals surface area contributed by atoms with Gasteiger partial charge in [-0.15, -0.1) is 0 Å². The first-order chi connectivity index (χ1) is 15.0. The molecule has 0 saturated carbocycles. The monoisotopic (exact) mass is 466 g/mol. The quantitative estimate of drug-likeness (QED) is 0.422. The van der Waals surface area contributed by atoms with E-state index in [2.05, 4.69) is 5.10 Å². The third-order valence-corrected chi connectivity index (χ3v) is 6.62. The first-order valence-corrected chi connectivity index (χ1v) is 12.3. The normalized spacial score (nSPS) is 12.2. The molecule has 164 valence electrons. The Morgan fingerprint density at radius 2 is 1.53 bits per heavy atom. The van der Waals surface area contributed by atoms with Gasteiger partial charge in [0.05, 0.1) is 27.0 Å². The zero-order valence-electron chi connectivity index (χ0n) is 17.9. The van der Waals surface area contributed by atoms with Gasteiger partial charge in [0, 0.05) is 11.8 Å². The number of nitrogens with zero attached hydrogens (tertiary/aromatic N) is 2. The maximum Gasteiger partial charge on any atom is 0.175 e. The lowest BCUT2D eigenvalue weighted by Gasteiger charge is -2.13. The Bertz CT molecular complexity index is 1390. The summed E-state index contributed by atoms with van der Waals surface area (Å²) in [6, 6.07) is 23.9. The SMILES string of the molecule is CC(C)(O)c1cc(-c2ccc(-c3cccc(S(C)(=O)=O)c3)cc2)n(-c2ccccc2Cl)n1. The van der Waals surface area contributed by atoms with Crippen molar-refractivity contribution in [2.75, 3.05) is 6.26 Å². The number of rotatable bonds is 5. The third-order valence-electron chi connectivity index (χ3n) is 5.19. The minimum absolute atomic E-state index is 0.283. The Morgan fingerprint density at radius 1 is 0.875 bits per heavy atom. The van der Waals surface area contributed by atoms with Gasteiger partial charge in [0.15, 0.2) is 9.84 Å². The van der Waals surface area contributed by atoms with E-state index in [-0.39, 0.29) is 4.90 Å². The number of hydrogen-bond acceptors (Lipinski definition) is 4. The lowest BCUT2D eigenvalue weighted by atomic mass is 10.0. The number of aliphatic hydroxyl groups is 1. The van der Waals surface area contributed by atoms with Crippen LogP contribution in [-0.2, 0) is 15.4 Å². The van der Waals surface area contributed by atoms with E-state index >= 15 is 0 Å². The zero-order chi connectivity index (χ0) is 23.1. The molecular formula is C25H23ClN2O3S. The van der Waals surface area contributed by atoms with Crippen molar-refractivity contribution in [1.82, 2.24) is 9.78 Å². The van der Waals surface area contributed by atoms with E-state index in [4.69, 9.17) is 11.6 Å². The molecule has 0 radical (unpaired) electrons. The summed E-state index contributed by atoms with van der Waals surface area (Å²) in [6.45, 7) is 3.38. The number of sulfone groups is 1. The van der Waals surface area contributed by atoms with Gasteiger partial charge in [-0.25, -0.2) is 13.1 Å². The van der Waals surface area contributed by atoms with E-state index in [9.17, 15) is 13.5 Å². The van der Waals surface area contributed by atoms with Crippen LogP contribution in [0, 0.1) is 0 Å². The molecular weight excluding hydrogens is 444 g/mol. The Kier molecular flexibility index (Phi) is 5.71. The molecule has 0 aliphatic rings. The highest BCUT2D eigenvalue weighted by Gasteiger charge is 2.23. The van der Waals surface area contributed by atoms with Crippen LogP contribution in [0.15, 0.2) is 83.8 Å². The average Bonchev–Trinajstić information content (AvgIpc) is 3.19. The van der Waals surface area contributed by atoms with E-state index < -0.39 is 15.4 Å². The molecule has 0 atom stereocenters. The molecule has 0 saturated heterocycles. The van der Waals surface area contributed by atoms with Crippen molar-refractivity contribution in [2.45, 2.75) is 24.3 Å². The van der Waals surface area contributed by atoms with Crippen molar-refractivity contribution in [1.29, 1.82) is 0 Å². The molecule has 5 nitrogen and oxygen atoms in total. The number of halogens is 1. The summed E-state index contributed by atoms with van der Waals surface area (Å²) in [5.74, 6) is 0. The molecule has 1 aromatic heterocycles. The van der Waals surface area contributed by atoms with E-state index in [0.717, 1.165) is 22.4 Å². The highest BCUT2D eigenvalue weighted by molar-refractivity contribution is 7.90. The lowest BCUT2D eigenvalue weighted by molar-refractivity contribution is 0.0734. The van der Waals surface area contributed by atoms with Crippen molar-refractivity contribution in [2.24, 2.45) is 0 Å². The molecule has 0 aliphatic heterocycles. The van der Waals surface area contributed by atoms with Crippen LogP contribution in [0.5, 0.6) is 0 Å². The number of hydrogen-bond donors (Lipinski definition) is 1. The van der Waals surface area contributed by atoms with E-state index in [1.807, 2.05) is 54.6 Å². The van der Waals surface area contributed by atoms with Crippen LogP contribution in [0.2, 0.25) is 5.02 Å². The van der Waals surface area contributed by atoms with Gasteiger partial charge >= 0.3 is 0 Å². The second-order valence-corrected chi connectivity index (χ2v) is 10.6. The summed E-state index contributed by atoms with van der Waals surface area (Å²) >= 11 is 6.43. The highest BCUT2D eigenvalue weighted by Crippen LogP contribution is 2.32. The first-order valence-electron chi connectivity index (χ1n) is 10.0. The fraction of sp³-hybridized carbons (Fsp3) is 0.160. The largest absolute Gasteiger partial charge is 0.384 e. The van der Waals surface area contributed by atoms with Crippen molar-refractivity contribution in [3.63, 3.8) is 0 Å². The van der Waals surface area contributed by atoms with E-state index in [1.54, 1.807) is 42.8 Å². The molecule has 0 amide bonds. The molecule has 0 unspecified atom stereocenters. The number of para-hydroxylation sites is 1. The maximum absolute atomic E-state index is 11.9. The van der Waals surface area contributed by atoms with Crippen molar-refractivity contribution in [3.05, 3.63) is 89.6 Å². The van der Waals surface area contributed by atoms with Gasteiger partial charge in [-0.05, 0) is 55.3 Å². The topological polar surface area (TPSA) is 72.2 Å². The second-order valence-electron chi connectivity index (χ2n) is 8.21. The van der Waals surface area contributed by atoms with Crippen molar-refractivity contribution < 1.29 is 13.5 Å². The molecule has 4 rings (SSSR count). The van der Waals surface area contributed by atoms with Crippen LogP contribution in [0.25, 0.3) is 28.1 Å². The fourth-order valence-electron chi connectivity index (χ4n) is 3.43. The van der Waals surface area contributed by atoms with Crippen LogP contribution in [-0.4, -0.2) is 29.6 Å². The summed E-state index contributed by atoms with van der Waals surface area (Å²) in [5.41, 5.74) is 3.50. The maximum atomic E-state index is 11.9. The Labute approximate surface area is 192 Å². The van der Waals surface area contributed by atoms with Crippen LogP contribution in [0.3, 0.4) is 0 Å². The summed E-state index contributed by atoms with van der Waals surface area (Å²) in [5, 5.41) is 15.7. The smallest absolute Gasteiger partial charge is 0.175 e. The lowest BCUT2D eigenvalue weighted by Crippen LogP contribution is -2.16. The Balaban J connectivity index is 1.80. The van der Waals surface area contributed by atoms with Gasteiger partial charge in [0.2, 0.25) is 0 Å². The van der Waals surface area contributed by atoms with E-state index in [1.165, 1.54) is 6.26 Å². The summed E-state index contributed by atoms with van der Waals surface area (Å²) in [7, 11) is -3.28. The molecule has 1 heterocycles. The molecule has 0 fully saturated rings. The molecule has 7 heteroatoms. The molecule has 0 aliphatic carbocycles. The van der Waals surface area contributed by atoms with Gasteiger partial charge in [-0.3, -0.25) is 0 Å². The van der Waals surface area contributed by atoms with Crippen molar-refractivity contribution >= 4 is 21.4 Å². The molecule has 1 N–H and O–H groups in total. The van der Waals surface area contributed by atoms with E-state index in [0.29, 0.717) is 16.4 Å². The molecule has 3 aromatic carbocycles. The van der Waals surface area contributed by atoms with Crippen LogP contribution in [0.1, 0.15) is 19.5 Å². The number of benzene rings is 3. The molecule has 4 aromatic rings. The first kappa shape index (κ1) is 22.3. The van der Waals surface area contributed by atoms with Gasteiger partial charge in [0.1, 0.15) is 5.60 Å². The average molecular weight is 467 g/mol. The Hall–Kier alpha value is -2.93. The molecule has 0 spiro atoms. The minimum Gasteiger partial charge on any atom is -0.384 e. The number of aromatic nitrogens is 2. The second kappa shape index (κ2) is 8.20. The Morgan fingerprint density at radius 3 is 2.16 bits per heavy atom. The highest BCUT2D eigenvalue weighted by atomic mass is 35.5. The summed E-state index contributed by atoms with van der Waals surface area (Å²) in [6.07, 6.45) is 1.20. The molecule has 32 heavy (non-hydrogen) atoms. The van der Waals surface area contributed by atoms with Gasteiger partial charge in [-0.2, -0.15) is 5.10 Å². The predicted octanol–water partition coefficient (Wildman–Crippen LogP) is 5.49. The van der Waals surface area contributed by atoms with Crippen molar-refractivity contribution in [3.8, 4) is 28.1 Å². The third kappa shape index (κ3) is 4.48.